The molecule has 2 aromatic carbocycles. The van der Waals surface area contributed by atoms with Gasteiger partial charge in [0.1, 0.15) is 11.6 Å². The maximum Gasteiger partial charge on any atom is 0.417 e. The minimum atomic E-state index is -4.63. The summed E-state index contributed by atoms with van der Waals surface area (Å²) in [7, 11) is 0. The Bertz CT molecular complexity index is 619. The first-order chi connectivity index (χ1) is 8.80. The normalized spacial score (nSPS) is 11.6. The van der Waals surface area contributed by atoms with E-state index in [1.807, 2.05) is 0 Å². The van der Waals surface area contributed by atoms with Crippen molar-refractivity contribution < 1.29 is 22.0 Å². The number of hydrogen-bond acceptors (Lipinski definition) is 1. The molecule has 0 atom stereocenters. The summed E-state index contributed by atoms with van der Waals surface area (Å²) < 4.78 is 65.1. The summed E-state index contributed by atoms with van der Waals surface area (Å²) in [5, 5.41) is 0. The molecule has 0 radical (unpaired) electrons. The topological polar surface area (TPSA) is 26.0 Å². The third-order valence-corrected chi connectivity index (χ3v) is 2.61. The molecular formula is C13H8F5N. The van der Waals surface area contributed by atoms with Crippen molar-refractivity contribution in [3.8, 4) is 11.1 Å². The van der Waals surface area contributed by atoms with Gasteiger partial charge in [-0.3, -0.25) is 0 Å². The molecule has 0 aliphatic carbocycles. The Morgan fingerprint density at radius 1 is 0.842 bits per heavy atom. The number of rotatable bonds is 1. The van der Waals surface area contributed by atoms with E-state index in [2.05, 4.69) is 0 Å². The molecule has 1 nitrogen and oxygen atoms in total. The molecule has 2 aromatic rings. The van der Waals surface area contributed by atoms with E-state index in [1.165, 1.54) is 12.1 Å². The SMILES string of the molecule is Nc1cc(-c2ccccc2C(F)(F)F)c(F)cc1F. The first-order valence-electron chi connectivity index (χ1n) is 5.22. The lowest BCUT2D eigenvalue weighted by molar-refractivity contribution is -0.137. The Morgan fingerprint density at radius 2 is 1.47 bits per heavy atom. The Hall–Kier alpha value is -2.11. The van der Waals surface area contributed by atoms with Gasteiger partial charge in [0.15, 0.2) is 0 Å². The van der Waals surface area contributed by atoms with Crippen molar-refractivity contribution >= 4 is 5.69 Å². The van der Waals surface area contributed by atoms with Crippen LogP contribution in [-0.4, -0.2) is 0 Å². The van der Waals surface area contributed by atoms with Crippen molar-refractivity contribution in [1.82, 2.24) is 0 Å². The quantitative estimate of drug-likeness (QED) is 0.610. The third-order valence-electron chi connectivity index (χ3n) is 2.61. The van der Waals surface area contributed by atoms with E-state index >= 15 is 0 Å². The van der Waals surface area contributed by atoms with Gasteiger partial charge in [-0.25, -0.2) is 8.78 Å². The number of hydrogen-bond donors (Lipinski definition) is 1. The molecule has 0 aromatic heterocycles. The molecule has 2 N–H and O–H groups in total. The Balaban J connectivity index is 2.70. The molecule has 0 aliphatic rings. The van der Waals surface area contributed by atoms with Gasteiger partial charge in [-0.2, -0.15) is 13.2 Å². The molecule has 0 heterocycles. The highest BCUT2D eigenvalue weighted by atomic mass is 19.4. The third kappa shape index (κ3) is 2.52. The van der Waals surface area contributed by atoms with Gasteiger partial charge in [-0.15, -0.1) is 0 Å². The average molecular weight is 273 g/mol. The summed E-state index contributed by atoms with van der Waals surface area (Å²) in [4.78, 5) is 0. The zero-order chi connectivity index (χ0) is 14.2. The minimum Gasteiger partial charge on any atom is -0.396 e. The molecular weight excluding hydrogens is 265 g/mol. The van der Waals surface area contributed by atoms with E-state index < -0.39 is 29.1 Å². The maximum atomic E-state index is 13.6. The molecule has 0 saturated carbocycles. The van der Waals surface area contributed by atoms with Crippen LogP contribution >= 0.6 is 0 Å². The molecule has 0 amide bonds. The van der Waals surface area contributed by atoms with Crippen LogP contribution in [0.25, 0.3) is 11.1 Å². The van der Waals surface area contributed by atoms with Crippen molar-refractivity contribution in [2.24, 2.45) is 0 Å². The second-order valence-corrected chi connectivity index (χ2v) is 3.90. The molecule has 100 valence electrons. The second kappa shape index (κ2) is 4.53. The smallest absolute Gasteiger partial charge is 0.396 e. The number of nitrogen functional groups attached to an aromatic ring is 1. The lowest BCUT2D eigenvalue weighted by Crippen LogP contribution is -2.07. The van der Waals surface area contributed by atoms with Crippen LogP contribution in [0.5, 0.6) is 0 Å². The molecule has 6 heteroatoms. The van der Waals surface area contributed by atoms with Crippen molar-refractivity contribution in [2.75, 3.05) is 5.73 Å². The van der Waals surface area contributed by atoms with Crippen molar-refractivity contribution in [3.05, 3.63) is 53.6 Å². The Kier molecular flexibility index (Phi) is 3.18. The number of anilines is 1. The van der Waals surface area contributed by atoms with Crippen LogP contribution in [0.3, 0.4) is 0 Å². The maximum absolute atomic E-state index is 13.6. The van der Waals surface area contributed by atoms with Crippen molar-refractivity contribution in [1.29, 1.82) is 0 Å². The summed E-state index contributed by atoms with van der Waals surface area (Å²) in [5.41, 5.74) is 3.10. The van der Waals surface area contributed by atoms with Crippen LogP contribution < -0.4 is 5.73 Å². The van der Waals surface area contributed by atoms with Crippen LogP contribution in [-0.2, 0) is 6.18 Å². The van der Waals surface area contributed by atoms with Crippen LogP contribution in [0.2, 0.25) is 0 Å². The van der Waals surface area contributed by atoms with E-state index in [1.54, 1.807) is 0 Å². The highest BCUT2D eigenvalue weighted by Crippen LogP contribution is 2.38. The Labute approximate surface area is 105 Å². The summed E-state index contributed by atoms with van der Waals surface area (Å²) >= 11 is 0. The molecule has 2 rings (SSSR count). The zero-order valence-corrected chi connectivity index (χ0v) is 9.43. The number of alkyl halides is 3. The summed E-state index contributed by atoms with van der Waals surface area (Å²) in [6.07, 6.45) is -4.63. The lowest BCUT2D eigenvalue weighted by Gasteiger charge is -2.13. The molecule has 19 heavy (non-hydrogen) atoms. The van der Waals surface area contributed by atoms with Gasteiger partial charge in [-0.05, 0) is 17.7 Å². The van der Waals surface area contributed by atoms with E-state index in [0.717, 1.165) is 18.2 Å². The first-order valence-corrected chi connectivity index (χ1v) is 5.22. The fourth-order valence-electron chi connectivity index (χ4n) is 1.74. The van der Waals surface area contributed by atoms with Crippen molar-refractivity contribution in [3.63, 3.8) is 0 Å². The van der Waals surface area contributed by atoms with E-state index in [4.69, 9.17) is 5.73 Å². The molecule has 0 aliphatic heterocycles. The van der Waals surface area contributed by atoms with Crippen LogP contribution in [0.4, 0.5) is 27.6 Å². The average Bonchev–Trinajstić information content (AvgIpc) is 2.33. The monoisotopic (exact) mass is 273 g/mol. The predicted molar refractivity (Wildman–Crippen MR) is 61.2 cm³/mol. The molecule has 0 spiro atoms. The fraction of sp³-hybridized carbons (Fsp3) is 0.0769. The summed E-state index contributed by atoms with van der Waals surface area (Å²) in [6.45, 7) is 0. The number of benzene rings is 2. The van der Waals surface area contributed by atoms with Gasteiger partial charge < -0.3 is 5.73 Å². The van der Waals surface area contributed by atoms with Gasteiger partial charge >= 0.3 is 6.18 Å². The second-order valence-electron chi connectivity index (χ2n) is 3.90. The summed E-state index contributed by atoms with van der Waals surface area (Å²) in [5.74, 6) is -2.10. The van der Waals surface area contributed by atoms with E-state index in [9.17, 15) is 22.0 Å². The Morgan fingerprint density at radius 3 is 2.11 bits per heavy atom. The van der Waals surface area contributed by atoms with Gasteiger partial charge in [0.2, 0.25) is 0 Å². The molecule has 0 unspecified atom stereocenters. The minimum absolute atomic E-state index is 0.376. The van der Waals surface area contributed by atoms with Gasteiger partial charge in [-0.1, -0.05) is 18.2 Å². The number of halogens is 5. The van der Waals surface area contributed by atoms with Crippen LogP contribution in [0.1, 0.15) is 5.56 Å². The van der Waals surface area contributed by atoms with Gasteiger partial charge in [0.05, 0.1) is 11.3 Å². The van der Waals surface area contributed by atoms with Crippen LogP contribution in [0.15, 0.2) is 36.4 Å². The summed E-state index contributed by atoms with van der Waals surface area (Å²) in [6, 6.07) is 5.79. The van der Waals surface area contributed by atoms with E-state index in [0.29, 0.717) is 6.07 Å². The highest BCUT2D eigenvalue weighted by molar-refractivity contribution is 5.71. The standard InChI is InChI=1S/C13H8F5N/c14-10-6-11(15)12(19)5-8(10)7-3-1-2-4-9(7)13(16,17)18/h1-6H,19H2. The molecule has 0 fully saturated rings. The van der Waals surface area contributed by atoms with Crippen molar-refractivity contribution in [2.45, 2.75) is 6.18 Å². The largest absolute Gasteiger partial charge is 0.417 e. The molecule has 0 bridgehead atoms. The van der Waals surface area contributed by atoms with E-state index in [-0.39, 0.29) is 11.1 Å². The lowest BCUT2D eigenvalue weighted by atomic mass is 9.98. The predicted octanol–water partition coefficient (Wildman–Crippen LogP) is 4.23. The number of nitrogens with two attached hydrogens (primary N) is 1. The van der Waals surface area contributed by atoms with Gasteiger partial charge in [0, 0.05) is 11.6 Å². The first kappa shape index (κ1) is 13.3. The molecule has 0 saturated heterocycles. The zero-order valence-electron chi connectivity index (χ0n) is 9.43. The van der Waals surface area contributed by atoms with Crippen LogP contribution in [0, 0.1) is 11.6 Å². The fourth-order valence-corrected chi connectivity index (χ4v) is 1.74. The van der Waals surface area contributed by atoms with Gasteiger partial charge in [0.25, 0.3) is 0 Å². The highest BCUT2D eigenvalue weighted by Gasteiger charge is 2.34.